The predicted molar refractivity (Wildman–Crippen MR) is 101 cm³/mol. The molecule has 0 aliphatic carbocycles. The summed E-state index contributed by atoms with van der Waals surface area (Å²) in [6.45, 7) is 1.24. The van der Waals surface area contributed by atoms with Crippen LogP contribution in [0.3, 0.4) is 0 Å². The van der Waals surface area contributed by atoms with E-state index in [0.29, 0.717) is 5.75 Å². The van der Waals surface area contributed by atoms with Gasteiger partial charge in [0.2, 0.25) is 0 Å². The van der Waals surface area contributed by atoms with Gasteiger partial charge in [-0.15, -0.1) is 0 Å². The quantitative estimate of drug-likeness (QED) is 0.641. The van der Waals surface area contributed by atoms with E-state index in [1.807, 2.05) is 0 Å². The van der Waals surface area contributed by atoms with Crippen molar-refractivity contribution in [3.63, 3.8) is 0 Å². The normalized spacial score (nSPS) is 11.1. The van der Waals surface area contributed by atoms with Crippen LogP contribution in [-0.2, 0) is 19.6 Å². The number of ether oxygens (including phenoxy) is 2. The van der Waals surface area contributed by atoms with Crippen molar-refractivity contribution in [3.8, 4) is 5.75 Å². The standard InChI is InChI=1S/C17H17Cl2NO5S/c1-3-25-17(21)11-20(13-5-4-6-14(10-13)24-2)26(22,23)16-9-12(18)7-8-15(16)19/h4-10H,3,11H2,1-2H3. The van der Waals surface area contributed by atoms with E-state index in [2.05, 4.69) is 0 Å². The zero-order chi connectivity index (χ0) is 19.3. The monoisotopic (exact) mass is 417 g/mol. The second-order valence-corrected chi connectivity index (χ2v) is 7.77. The average Bonchev–Trinajstić information content (AvgIpc) is 2.61. The Morgan fingerprint density at radius 2 is 1.88 bits per heavy atom. The Hall–Kier alpha value is -1.96. The molecular formula is C17H17Cl2NO5S. The number of anilines is 1. The van der Waals surface area contributed by atoms with E-state index in [4.69, 9.17) is 32.7 Å². The van der Waals surface area contributed by atoms with Crippen LogP contribution in [0.4, 0.5) is 5.69 Å². The topological polar surface area (TPSA) is 72.9 Å². The van der Waals surface area contributed by atoms with Crippen molar-refractivity contribution < 1.29 is 22.7 Å². The number of benzene rings is 2. The molecule has 0 N–H and O–H groups in total. The third-order valence-electron chi connectivity index (χ3n) is 3.38. The molecule has 0 heterocycles. The first-order valence-corrected chi connectivity index (χ1v) is 9.76. The molecule has 6 nitrogen and oxygen atoms in total. The number of esters is 1. The summed E-state index contributed by atoms with van der Waals surface area (Å²) >= 11 is 12.0. The fraction of sp³-hybridized carbons (Fsp3) is 0.235. The van der Waals surface area contributed by atoms with Crippen LogP contribution in [0.5, 0.6) is 5.75 Å². The summed E-state index contributed by atoms with van der Waals surface area (Å²) in [6.07, 6.45) is 0. The van der Waals surface area contributed by atoms with Crippen molar-refractivity contribution >= 4 is 44.9 Å². The molecule has 26 heavy (non-hydrogen) atoms. The Morgan fingerprint density at radius 3 is 2.54 bits per heavy atom. The van der Waals surface area contributed by atoms with Crippen LogP contribution in [-0.4, -0.2) is 34.6 Å². The Kier molecular flexibility index (Phi) is 6.75. The lowest BCUT2D eigenvalue weighted by molar-refractivity contribution is -0.141. The highest BCUT2D eigenvalue weighted by Gasteiger charge is 2.30. The highest BCUT2D eigenvalue weighted by Crippen LogP contribution is 2.32. The molecule has 0 aliphatic rings. The fourth-order valence-electron chi connectivity index (χ4n) is 2.20. The van der Waals surface area contributed by atoms with Gasteiger partial charge >= 0.3 is 5.97 Å². The maximum Gasteiger partial charge on any atom is 0.326 e. The largest absolute Gasteiger partial charge is 0.497 e. The second kappa shape index (κ2) is 8.62. The lowest BCUT2D eigenvalue weighted by Gasteiger charge is -2.24. The molecule has 0 radical (unpaired) electrons. The molecule has 0 amide bonds. The van der Waals surface area contributed by atoms with E-state index >= 15 is 0 Å². The number of hydrogen-bond donors (Lipinski definition) is 0. The maximum absolute atomic E-state index is 13.2. The van der Waals surface area contributed by atoms with E-state index in [9.17, 15) is 13.2 Å². The molecule has 140 valence electrons. The van der Waals surface area contributed by atoms with Crippen LogP contribution in [0, 0.1) is 0 Å². The molecule has 9 heteroatoms. The molecule has 0 aromatic heterocycles. The third kappa shape index (κ3) is 4.60. The zero-order valence-electron chi connectivity index (χ0n) is 14.1. The molecule has 0 unspecified atom stereocenters. The number of nitrogens with zero attached hydrogens (tertiary/aromatic N) is 1. The van der Waals surface area contributed by atoms with Gasteiger partial charge in [0.25, 0.3) is 10.0 Å². The van der Waals surface area contributed by atoms with Crippen molar-refractivity contribution in [1.29, 1.82) is 0 Å². The fourth-order valence-corrected chi connectivity index (χ4v) is 4.34. The van der Waals surface area contributed by atoms with Gasteiger partial charge in [-0.3, -0.25) is 9.10 Å². The maximum atomic E-state index is 13.2. The Bertz CT molecular complexity index is 902. The SMILES string of the molecule is CCOC(=O)CN(c1cccc(OC)c1)S(=O)(=O)c1cc(Cl)ccc1Cl. The summed E-state index contributed by atoms with van der Waals surface area (Å²) in [7, 11) is -2.73. The first kappa shape index (κ1) is 20.4. The van der Waals surface area contributed by atoms with Gasteiger partial charge in [-0.05, 0) is 37.3 Å². The molecule has 0 saturated heterocycles. The van der Waals surface area contributed by atoms with Crippen LogP contribution < -0.4 is 9.04 Å². The highest BCUT2D eigenvalue weighted by atomic mass is 35.5. The van der Waals surface area contributed by atoms with E-state index in [1.54, 1.807) is 19.1 Å². The third-order valence-corrected chi connectivity index (χ3v) is 5.87. The number of hydrogen-bond acceptors (Lipinski definition) is 5. The van der Waals surface area contributed by atoms with Gasteiger partial charge in [0.1, 0.15) is 17.2 Å². The summed E-state index contributed by atoms with van der Waals surface area (Å²) in [4.78, 5) is 11.8. The van der Waals surface area contributed by atoms with Crippen molar-refractivity contribution in [2.75, 3.05) is 24.6 Å². The summed E-state index contributed by atoms with van der Waals surface area (Å²) < 4.78 is 37.3. The molecule has 0 atom stereocenters. The molecular weight excluding hydrogens is 401 g/mol. The molecule has 0 saturated carbocycles. The highest BCUT2D eigenvalue weighted by molar-refractivity contribution is 7.93. The molecule has 2 aromatic rings. The van der Waals surface area contributed by atoms with Crippen LogP contribution in [0.2, 0.25) is 10.0 Å². The Morgan fingerprint density at radius 1 is 1.15 bits per heavy atom. The van der Waals surface area contributed by atoms with Gasteiger partial charge in [-0.25, -0.2) is 8.42 Å². The van der Waals surface area contributed by atoms with Gasteiger partial charge in [0.15, 0.2) is 0 Å². The zero-order valence-corrected chi connectivity index (χ0v) is 16.4. The second-order valence-electron chi connectivity index (χ2n) is 5.09. The summed E-state index contributed by atoms with van der Waals surface area (Å²) in [6, 6.07) is 10.4. The average molecular weight is 418 g/mol. The number of carbonyl (C=O) groups is 1. The van der Waals surface area contributed by atoms with Crippen molar-refractivity contribution in [3.05, 3.63) is 52.5 Å². The minimum absolute atomic E-state index is 0.00819. The van der Waals surface area contributed by atoms with Gasteiger partial charge in [-0.1, -0.05) is 29.3 Å². The Labute approximate surface area is 162 Å². The number of carbonyl (C=O) groups excluding carboxylic acids is 1. The van der Waals surface area contributed by atoms with Crippen molar-refractivity contribution in [1.82, 2.24) is 0 Å². The molecule has 0 bridgehead atoms. The number of rotatable bonds is 7. The minimum Gasteiger partial charge on any atom is -0.497 e. The molecule has 0 spiro atoms. The van der Waals surface area contributed by atoms with E-state index in [0.717, 1.165) is 4.31 Å². The first-order valence-electron chi connectivity index (χ1n) is 7.57. The lowest BCUT2D eigenvalue weighted by atomic mass is 10.3. The van der Waals surface area contributed by atoms with Gasteiger partial charge < -0.3 is 9.47 Å². The van der Waals surface area contributed by atoms with E-state index in [1.165, 1.54) is 37.4 Å². The summed E-state index contributed by atoms with van der Waals surface area (Å²) in [5, 5.41) is 0.195. The van der Waals surface area contributed by atoms with Crippen LogP contribution in [0.25, 0.3) is 0 Å². The minimum atomic E-state index is -4.19. The first-order chi connectivity index (χ1) is 12.3. The van der Waals surface area contributed by atoms with E-state index in [-0.39, 0.29) is 27.2 Å². The Balaban J connectivity index is 2.58. The van der Waals surface area contributed by atoms with Crippen LogP contribution in [0.1, 0.15) is 6.92 Å². The molecule has 2 rings (SSSR count). The number of halogens is 2. The summed E-state index contributed by atoms with van der Waals surface area (Å²) in [5.74, 6) is -0.263. The van der Waals surface area contributed by atoms with Gasteiger partial charge in [0, 0.05) is 11.1 Å². The van der Waals surface area contributed by atoms with Crippen molar-refractivity contribution in [2.24, 2.45) is 0 Å². The van der Waals surface area contributed by atoms with Gasteiger partial charge in [0.05, 0.1) is 24.4 Å². The lowest BCUT2D eigenvalue weighted by Crippen LogP contribution is -2.36. The smallest absolute Gasteiger partial charge is 0.326 e. The van der Waals surface area contributed by atoms with E-state index < -0.39 is 22.5 Å². The van der Waals surface area contributed by atoms with Crippen molar-refractivity contribution in [2.45, 2.75) is 11.8 Å². The predicted octanol–water partition coefficient (Wildman–Crippen LogP) is 3.76. The van der Waals surface area contributed by atoms with Crippen LogP contribution >= 0.6 is 23.2 Å². The molecule has 2 aromatic carbocycles. The number of sulfonamides is 1. The molecule has 0 aliphatic heterocycles. The molecule has 0 fully saturated rings. The summed E-state index contributed by atoms with van der Waals surface area (Å²) in [5.41, 5.74) is 0.230. The van der Waals surface area contributed by atoms with Gasteiger partial charge in [-0.2, -0.15) is 0 Å². The number of methoxy groups -OCH3 is 1. The van der Waals surface area contributed by atoms with Crippen LogP contribution in [0.15, 0.2) is 47.4 Å².